The van der Waals surface area contributed by atoms with E-state index in [4.69, 9.17) is 4.74 Å². The maximum atomic E-state index is 14.4. The Bertz CT molecular complexity index is 1530. The van der Waals surface area contributed by atoms with E-state index in [0.717, 1.165) is 0 Å². The summed E-state index contributed by atoms with van der Waals surface area (Å²) in [5.41, 5.74) is 1.43. The molecule has 0 bridgehead atoms. The standard InChI is InChI=1S/C35H42N6O9/c42-28-15-14-26(34(47)48)39-31(44)27-19-24(37-29(43)21-40-17-18-50-35(40)49)20-41(27)33(46)25(13-7-8-16-36-28)38-32(45)30(22-9-3-1-4-10-22)23-11-5-2-6-12-23/h1-6,9-12,24-27,30H,7-8,13-21H2,(H,36,42)(H,37,43)(H,38,45)(H,39,44)(H,47,48)/t24-,25+,26+,27+/m1/s1. The van der Waals surface area contributed by atoms with Crippen molar-refractivity contribution in [1.82, 2.24) is 31.1 Å². The van der Waals surface area contributed by atoms with E-state index in [2.05, 4.69) is 21.3 Å². The molecule has 15 nitrogen and oxygen atoms in total. The molecule has 2 aromatic rings. The Morgan fingerprint density at radius 1 is 0.920 bits per heavy atom. The van der Waals surface area contributed by atoms with E-state index in [-0.39, 0.29) is 64.4 Å². The van der Waals surface area contributed by atoms with Gasteiger partial charge < -0.3 is 36.0 Å². The summed E-state index contributed by atoms with van der Waals surface area (Å²) in [6.45, 7) is 0.310. The second kappa shape index (κ2) is 16.8. The lowest BCUT2D eigenvalue weighted by atomic mass is 9.90. The molecule has 0 unspecified atom stereocenters. The van der Waals surface area contributed by atoms with Crippen LogP contribution in [0.3, 0.4) is 0 Å². The highest BCUT2D eigenvalue weighted by Crippen LogP contribution is 2.27. The van der Waals surface area contributed by atoms with Gasteiger partial charge in [-0.05, 0) is 43.2 Å². The number of nitrogens with one attached hydrogen (secondary N) is 4. The number of benzene rings is 2. The molecule has 3 aliphatic heterocycles. The molecule has 4 atom stereocenters. The second-order valence-electron chi connectivity index (χ2n) is 12.6. The van der Waals surface area contributed by atoms with Crippen molar-refractivity contribution in [2.75, 3.05) is 32.8 Å². The van der Waals surface area contributed by atoms with E-state index in [0.29, 0.717) is 24.0 Å². The fourth-order valence-corrected chi connectivity index (χ4v) is 6.54. The normalized spacial score (nSPS) is 23.5. The third-order valence-electron chi connectivity index (χ3n) is 9.09. The fraction of sp³-hybridized carbons (Fsp3) is 0.457. The number of hydrogen-bond donors (Lipinski definition) is 5. The molecular formula is C35H42N6O9. The first-order valence-corrected chi connectivity index (χ1v) is 16.8. The van der Waals surface area contributed by atoms with Gasteiger partial charge in [0.1, 0.15) is 31.3 Å². The van der Waals surface area contributed by atoms with Crippen molar-refractivity contribution in [2.24, 2.45) is 0 Å². The summed E-state index contributed by atoms with van der Waals surface area (Å²) in [6, 6.07) is 13.9. The summed E-state index contributed by atoms with van der Waals surface area (Å²) in [4.78, 5) is 94.0. The monoisotopic (exact) mass is 690 g/mol. The van der Waals surface area contributed by atoms with Gasteiger partial charge in [0.25, 0.3) is 0 Å². The molecule has 0 radical (unpaired) electrons. The van der Waals surface area contributed by atoms with E-state index in [9.17, 15) is 38.7 Å². The van der Waals surface area contributed by atoms with E-state index in [1.807, 2.05) is 60.7 Å². The van der Waals surface area contributed by atoms with Crippen molar-refractivity contribution in [3.8, 4) is 0 Å². The number of carboxylic acids is 1. The van der Waals surface area contributed by atoms with Crippen molar-refractivity contribution < 1.29 is 43.4 Å². The van der Waals surface area contributed by atoms with Gasteiger partial charge in [-0.3, -0.25) is 28.9 Å². The van der Waals surface area contributed by atoms with Gasteiger partial charge in [-0.2, -0.15) is 0 Å². The quantitative estimate of drug-likeness (QED) is 0.261. The van der Waals surface area contributed by atoms with Crippen LogP contribution in [0.15, 0.2) is 60.7 Å². The van der Waals surface area contributed by atoms with Gasteiger partial charge in [-0.25, -0.2) is 9.59 Å². The maximum Gasteiger partial charge on any atom is 0.410 e. The second-order valence-corrected chi connectivity index (χ2v) is 12.6. The van der Waals surface area contributed by atoms with E-state index in [1.165, 1.54) is 9.80 Å². The average Bonchev–Trinajstić information content (AvgIpc) is 3.71. The van der Waals surface area contributed by atoms with Crippen LogP contribution in [0.5, 0.6) is 0 Å². The molecule has 0 saturated carbocycles. The number of hydrogen-bond acceptors (Lipinski definition) is 8. The summed E-state index contributed by atoms with van der Waals surface area (Å²) in [6.07, 6.45) is 0.135. The summed E-state index contributed by atoms with van der Waals surface area (Å²) < 4.78 is 4.89. The molecule has 5 rings (SSSR count). The summed E-state index contributed by atoms with van der Waals surface area (Å²) >= 11 is 0. The molecular weight excluding hydrogens is 648 g/mol. The first-order chi connectivity index (χ1) is 24.1. The van der Waals surface area contributed by atoms with E-state index < -0.39 is 65.8 Å². The maximum absolute atomic E-state index is 14.4. The Hall–Kier alpha value is -5.47. The van der Waals surface area contributed by atoms with E-state index in [1.54, 1.807) is 0 Å². The van der Waals surface area contributed by atoms with Gasteiger partial charge in [0.2, 0.25) is 29.5 Å². The van der Waals surface area contributed by atoms with Crippen LogP contribution in [-0.2, 0) is 33.5 Å². The number of carboxylic acid groups (broad SMARTS) is 1. The minimum atomic E-state index is -1.40. The third kappa shape index (κ3) is 9.15. The highest BCUT2D eigenvalue weighted by atomic mass is 16.6. The molecule has 0 spiro atoms. The molecule has 266 valence electrons. The van der Waals surface area contributed by atoms with E-state index >= 15 is 0 Å². The Labute approximate surface area is 289 Å². The number of carbonyl (C=O) groups excluding carboxylic acids is 6. The van der Waals surface area contributed by atoms with Crippen LogP contribution >= 0.6 is 0 Å². The van der Waals surface area contributed by atoms with Gasteiger partial charge >= 0.3 is 12.1 Å². The van der Waals surface area contributed by atoms with Crippen molar-refractivity contribution in [3.63, 3.8) is 0 Å². The lowest BCUT2D eigenvalue weighted by molar-refractivity contribution is -0.145. The van der Waals surface area contributed by atoms with Crippen LogP contribution in [0.2, 0.25) is 0 Å². The molecule has 0 aliphatic carbocycles. The molecule has 3 fully saturated rings. The average molecular weight is 691 g/mol. The van der Waals surface area contributed by atoms with Crippen molar-refractivity contribution in [3.05, 3.63) is 71.8 Å². The zero-order valence-electron chi connectivity index (χ0n) is 27.5. The molecule has 0 aromatic heterocycles. The highest BCUT2D eigenvalue weighted by molar-refractivity contribution is 5.96. The number of amides is 6. The Kier molecular flexibility index (Phi) is 12.0. The van der Waals surface area contributed by atoms with Gasteiger partial charge in [-0.1, -0.05) is 60.7 Å². The minimum Gasteiger partial charge on any atom is -0.480 e. The molecule has 6 amide bonds. The van der Waals surface area contributed by atoms with Gasteiger partial charge in [0, 0.05) is 25.6 Å². The summed E-state index contributed by atoms with van der Waals surface area (Å²) in [5, 5.41) is 20.8. The Morgan fingerprint density at radius 2 is 1.60 bits per heavy atom. The number of fused-ring (bicyclic) bond motifs is 1. The zero-order valence-corrected chi connectivity index (χ0v) is 27.5. The molecule has 15 heteroatoms. The van der Waals surface area contributed by atoms with Crippen LogP contribution in [0.4, 0.5) is 4.79 Å². The SMILES string of the molecule is O=C1CC[C@@H](C(=O)O)NC(=O)[C@@H]2C[C@@H](NC(=O)CN3CCOC3=O)CN2C(=O)[C@@H](NC(=O)C(c2ccccc2)c2ccccc2)CCCCN1. The number of carbonyl (C=O) groups is 7. The van der Waals surface area contributed by atoms with Crippen LogP contribution < -0.4 is 21.3 Å². The number of cyclic esters (lactones) is 1. The first kappa shape index (κ1) is 35.8. The van der Waals surface area contributed by atoms with Crippen LogP contribution in [0.25, 0.3) is 0 Å². The number of rotatable bonds is 8. The molecule has 5 N–H and O–H groups in total. The van der Waals surface area contributed by atoms with Crippen molar-refractivity contribution in [2.45, 2.75) is 68.6 Å². The third-order valence-corrected chi connectivity index (χ3v) is 9.09. The lowest BCUT2D eigenvalue weighted by Crippen LogP contribution is -2.55. The Balaban J connectivity index is 1.42. The highest BCUT2D eigenvalue weighted by Gasteiger charge is 2.44. The predicted octanol–water partition coefficient (Wildman–Crippen LogP) is 0.491. The first-order valence-electron chi connectivity index (χ1n) is 16.8. The number of nitrogens with zero attached hydrogens (tertiary/aromatic N) is 2. The molecule has 2 aromatic carbocycles. The zero-order chi connectivity index (χ0) is 35.6. The van der Waals surface area contributed by atoms with Crippen LogP contribution in [-0.4, -0.2) is 113 Å². The molecule has 3 heterocycles. The largest absolute Gasteiger partial charge is 0.480 e. The summed E-state index contributed by atoms with van der Waals surface area (Å²) in [5.74, 6) is -4.74. The van der Waals surface area contributed by atoms with Crippen molar-refractivity contribution in [1.29, 1.82) is 0 Å². The Morgan fingerprint density at radius 3 is 2.22 bits per heavy atom. The number of aliphatic carboxylic acids is 1. The lowest BCUT2D eigenvalue weighted by Gasteiger charge is -2.30. The molecule has 50 heavy (non-hydrogen) atoms. The van der Waals surface area contributed by atoms with Gasteiger partial charge in [0.05, 0.1) is 12.5 Å². The van der Waals surface area contributed by atoms with Gasteiger partial charge in [-0.15, -0.1) is 0 Å². The van der Waals surface area contributed by atoms with Crippen molar-refractivity contribution >= 4 is 41.6 Å². The molecule has 3 saturated heterocycles. The summed E-state index contributed by atoms with van der Waals surface area (Å²) in [7, 11) is 0. The number of ether oxygens (including phenoxy) is 1. The topological polar surface area (TPSA) is 204 Å². The van der Waals surface area contributed by atoms with Gasteiger partial charge in [0.15, 0.2) is 0 Å². The predicted molar refractivity (Wildman–Crippen MR) is 177 cm³/mol. The van der Waals surface area contributed by atoms with Crippen LogP contribution in [0, 0.1) is 0 Å². The van der Waals surface area contributed by atoms with Crippen LogP contribution in [0.1, 0.15) is 55.6 Å². The minimum absolute atomic E-state index is 0.0437. The fourth-order valence-electron chi connectivity index (χ4n) is 6.54. The molecule has 3 aliphatic rings. The smallest absolute Gasteiger partial charge is 0.410 e.